The summed E-state index contributed by atoms with van der Waals surface area (Å²) in [7, 11) is -3.57. The number of carbonyl (C=O) groups excluding carboxylic acids is 1. The van der Waals surface area contributed by atoms with Crippen LogP contribution in [-0.4, -0.2) is 207 Å². The van der Waals surface area contributed by atoms with E-state index < -0.39 is 9.84 Å². The van der Waals surface area contributed by atoms with E-state index in [2.05, 4.69) is 104 Å². The molecule has 10 atom stereocenters. The second-order valence-corrected chi connectivity index (χ2v) is 38.6. The lowest BCUT2D eigenvalue weighted by Crippen LogP contribution is -2.16. The lowest BCUT2D eigenvalue weighted by Gasteiger charge is -2.26. The third-order valence-corrected chi connectivity index (χ3v) is 25.1. The minimum absolute atomic E-state index is 0.0169. The van der Waals surface area contributed by atoms with Crippen molar-refractivity contribution in [3.05, 3.63) is 252 Å². The molecule has 676 valence electrons. The first-order chi connectivity index (χ1) is 62.0. The van der Waals surface area contributed by atoms with Crippen LogP contribution >= 0.6 is 23.5 Å². The van der Waals surface area contributed by atoms with Crippen molar-refractivity contribution in [3.8, 4) is 69.0 Å². The van der Waals surface area contributed by atoms with Gasteiger partial charge in [0.25, 0.3) is 0 Å². The normalized spacial score (nSPS) is 21.1. The maximum Gasteiger partial charge on any atom is 0.206 e. The first-order valence-electron chi connectivity index (χ1n) is 43.4. The number of hydrogen-bond donors (Lipinski definition) is 0. The van der Waals surface area contributed by atoms with Crippen LogP contribution in [0.5, 0.6) is 69.0 Å². The van der Waals surface area contributed by atoms with Crippen molar-refractivity contribution in [2.75, 3.05) is 132 Å². The van der Waals surface area contributed by atoms with Crippen LogP contribution in [-0.2, 0) is 68.0 Å². The number of rotatable bonds is 40. The maximum atomic E-state index is 12.7. The van der Waals surface area contributed by atoms with Gasteiger partial charge in [0.2, 0.25) is 9.84 Å². The van der Waals surface area contributed by atoms with Crippen LogP contribution in [0.4, 0.5) is 0 Å². The fourth-order valence-electron chi connectivity index (χ4n) is 12.4. The molecular weight excluding hydrogens is 1690 g/mol. The fraction of sp³-hybridized carbons (Fsp3) is 0.396. The Morgan fingerprint density at radius 3 is 0.719 bits per heavy atom. The summed E-state index contributed by atoms with van der Waals surface area (Å²) in [5, 5.41) is 0. The second-order valence-electron chi connectivity index (χ2n) is 34.4. The van der Waals surface area contributed by atoms with Crippen LogP contribution < -0.4 is 52.1 Å². The fourth-order valence-corrected chi connectivity index (χ4v) is 15.5. The summed E-state index contributed by atoms with van der Waals surface area (Å²) in [6, 6.07) is 67.6. The van der Waals surface area contributed by atoms with Crippen LogP contribution in [0.1, 0.15) is 79.7 Å². The van der Waals surface area contributed by atoms with Gasteiger partial charge < -0.3 is 99.5 Å². The molecule has 10 fully saturated rings. The highest BCUT2D eigenvalue weighted by atomic mass is 32.2. The van der Waals surface area contributed by atoms with Crippen LogP contribution in [0, 0.1) is 13.8 Å². The lowest BCUT2D eigenvalue weighted by molar-refractivity contribution is 0.103. The molecular formula is C101H110O24S3. The standard InChI is InChI=1S/C28H38O4S.C19H18O5.C18H18O6S.C18H18O5.C18H18O4S/c1-17-9-23(31-15-19-13-29-19)21(27(3,4)5)11-25(17)33-26-12-22(28(6,7)8)24(10-18(26)2)32-16-20-14-30-20;20-19(13-1-5-15(6-2-13)21-9-17-11-23-17)14-3-7-16(8-4-14)22-10-18-12-24-18;19-25(20,17-5-1-13(2-6-17)21-9-15-11-23-15)18-7-3-14(4-8-18)22-10-16-12-24-16;1-5-15(6-2-13(1)19-9-17-11-21-17)23-16-7-3-14(4-8-16)20-10-18-12-22-18;1-5-17(6-2-13(1)19-9-15-11-21-15)23-18-7-3-14(4-8-18)20-10-16-12-22-16/h9-12,19-20H,13-16H2,1-8H3;1-8,17-18H,9-12H2;1-8,15-16H,9-12H2;1-8,17-18H,9-12H2;1-8,15-16H,9-12H2. The second kappa shape index (κ2) is 42.7. The van der Waals surface area contributed by atoms with Gasteiger partial charge in [0.1, 0.15) is 196 Å². The minimum Gasteiger partial charge on any atom is -0.491 e. The van der Waals surface area contributed by atoms with Crippen molar-refractivity contribution in [1.29, 1.82) is 0 Å². The summed E-state index contributed by atoms with van der Waals surface area (Å²) in [5.41, 5.74) is 6.14. The molecule has 128 heavy (non-hydrogen) atoms. The van der Waals surface area contributed by atoms with Gasteiger partial charge in [-0.25, -0.2) is 8.42 Å². The van der Waals surface area contributed by atoms with E-state index in [-0.39, 0.29) is 87.4 Å². The number of benzene rings is 10. The molecule has 27 heteroatoms. The Labute approximate surface area is 756 Å². The molecule has 0 saturated carbocycles. The molecule has 0 spiro atoms. The van der Waals surface area contributed by atoms with E-state index in [0.717, 1.165) is 124 Å². The molecule has 10 aliphatic heterocycles. The average Bonchev–Trinajstić information content (AvgIpc) is 1.59. The van der Waals surface area contributed by atoms with Gasteiger partial charge in [0.15, 0.2) is 5.78 Å². The number of aryl methyl sites for hydroxylation is 2. The Morgan fingerprint density at radius 1 is 0.289 bits per heavy atom. The van der Waals surface area contributed by atoms with Gasteiger partial charge in [-0.1, -0.05) is 65.1 Å². The van der Waals surface area contributed by atoms with E-state index in [1.165, 1.54) is 41.8 Å². The SMILES string of the molecule is Cc1cc(OCC2CO2)c(C(C)(C)C)cc1Sc1cc(C(C)(C)C)c(OCC2CO2)cc1C.O=C(c1ccc(OCC2CO2)cc1)c1ccc(OCC2CO2)cc1.O=S(=O)(c1ccc(OCC2CO2)cc1)c1ccc(OCC2CO2)cc1.c1cc(Oc2ccc(OCC3CO3)cc2)ccc1OCC1CO1.c1cc(Sc2ccc(OCC3CO3)cc2)ccc1OCC1CO1. The van der Waals surface area contributed by atoms with Gasteiger partial charge in [-0.2, -0.15) is 0 Å². The largest absolute Gasteiger partial charge is 0.491 e. The monoisotopic (exact) mass is 1800 g/mol. The average molecular weight is 1800 g/mol. The molecule has 0 aromatic heterocycles. The number of ether oxygens (including phenoxy) is 21. The topological polar surface area (TPSA) is 278 Å². The smallest absolute Gasteiger partial charge is 0.206 e. The third-order valence-electron chi connectivity index (χ3n) is 21.0. The van der Waals surface area contributed by atoms with Crippen molar-refractivity contribution in [3.63, 3.8) is 0 Å². The van der Waals surface area contributed by atoms with Gasteiger partial charge in [-0.05, 0) is 254 Å². The Bertz CT molecular complexity index is 4900. The molecule has 10 aliphatic rings. The summed E-state index contributed by atoms with van der Waals surface area (Å²) >= 11 is 3.55. The van der Waals surface area contributed by atoms with E-state index in [1.807, 2.05) is 109 Å². The van der Waals surface area contributed by atoms with Crippen LogP contribution in [0.15, 0.2) is 248 Å². The zero-order valence-corrected chi connectivity index (χ0v) is 75.7. The van der Waals surface area contributed by atoms with Gasteiger partial charge in [0, 0.05) is 41.8 Å². The van der Waals surface area contributed by atoms with Crippen LogP contribution in [0.2, 0.25) is 0 Å². The third kappa shape index (κ3) is 30.0. The Hall–Kier alpha value is -10.1. The molecule has 10 aromatic rings. The highest BCUT2D eigenvalue weighted by molar-refractivity contribution is 7.99. The lowest BCUT2D eigenvalue weighted by atomic mass is 9.85. The Kier molecular flexibility index (Phi) is 30.4. The van der Waals surface area contributed by atoms with Crippen molar-refractivity contribution in [1.82, 2.24) is 0 Å². The zero-order chi connectivity index (χ0) is 88.6. The zero-order valence-electron chi connectivity index (χ0n) is 73.2. The van der Waals surface area contributed by atoms with Gasteiger partial charge in [0.05, 0.1) is 75.9 Å². The molecule has 0 aliphatic carbocycles. The molecule has 20 rings (SSSR count). The predicted molar refractivity (Wildman–Crippen MR) is 481 cm³/mol. The summed E-state index contributed by atoms with van der Waals surface area (Å²) < 4.78 is 140. The van der Waals surface area contributed by atoms with Gasteiger partial charge in [-0.3, -0.25) is 4.79 Å². The molecule has 0 bridgehead atoms. The Balaban J connectivity index is 0.000000118. The summed E-state index contributed by atoms with van der Waals surface area (Å²) in [6.45, 7) is 31.4. The molecule has 24 nitrogen and oxygen atoms in total. The number of hydrogen-bond acceptors (Lipinski definition) is 26. The minimum atomic E-state index is -3.57. The first kappa shape index (κ1) is 91.2. The molecule has 10 aromatic carbocycles. The molecule has 0 amide bonds. The number of ketones is 1. The van der Waals surface area contributed by atoms with E-state index in [9.17, 15) is 13.2 Å². The predicted octanol–water partition coefficient (Wildman–Crippen LogP) is 17.6. The van der Waals surface area contributed by atoms with Crippen molar-refractivity contribution in [2.24, 2.45) is 0 Å². The van der Waals surface area contributed by atoms with Crippen molar-refractivity contribution in [2.45, 2.75) is 157 Å². The van der Waals surface area contributed by atoms with Crippen LogP contribution in [0.3, 0.4) is 0 Å². The summed E-state index contributed by atoms with van der Waals surface area (Å²) in [4.78, 5) is 17.8. The highest BCUT2D eigenvalue weighted by Gasteiger charge is 2.33. The molecule has 0 N–H and O–H groups in total. The summed E-state index contributed by atoms with van der Waals surface area (Å²) in [5.74, 6) is 9.59. The molecule has 10 heterocycles. The van der Waals surface area contributed by atoms with Crippen LogP contribution in [0.25, 0.3) is 0 Å². The quantitative estimate of drug-likeness (QED) is 0.0255. The van der Waals surface area contributed by atoms with Crippen molar-refractivity contribution < 1.29 is 113 Å². The maximum absolute atomic E-state index is 12.7. The Morgan fingerprint density at radius 2 is 0.492 bits per heavy atom. The first-order valence-corrected chi connectivity index (χ1v) is 46.5. The van der Waals surface area contributed by atoms with E-state index in [0.29, 0.717) is 88.7 Å². The van der Waals surface area contributed by atoms with Crippen molar-refractivity contribution >= 4 is 39.1 Å². The molecule has 0 radical (unpaired) electrons. The van der Waals surface area contributed by atoms with E-state index >= 15 is 0 Å². The molecule has 10 saturated heterocycles. The highest BCUT2D eigenvalue weighted by Crippen LogP contribution is 2.45. The van der Waals surface area contributed by atoms with Gasteiger partial charge in [-0.15, -0.1) is 0 Å². The molecule has 10 unspecified atom stereocenters. The van der Waals surface area contributed by atoms with E-state index in [1.54, 1.807) is 84.6 Å². The number of carbonyl (C=O) groups is 1. The summed E-state index contributed by atoms with van der Waals surface area (Å²) in [6.07, 6.45) is 2.36. The van der Waals surface area contributed by atoms with E-state index in [4.69, 9.17) is 99.5 Å². The number of epoxide rings is 10. The number of sulfone groups is 1. The van der Waals surface area contributed by atoms with Gasteiger partial charge >= 0.3 is 0 Å².